The molecule has 1 aromatic heterocycles. The van der Waals surface area contributed by atoms with Gasteiger partial charge in [-0.1, -0.05) is 11.6 Å². The Kier molecular flexibility index (Phi) is 3.87. The maximum atomic E-state index is 13.5. The number of nitrogens with one attached hydrogen (secondary N) is 1. The highest BCUT2D eigenvalue weighted by Gasteiger charge is 2.05. The van der Waals surface area contributed by atoms with Gasteiger partial charge in [-0.05, 0) is 38.1 Å². The van der Waals surface area contributed by atoms with E-state index >= 15 is 0 Å². The zero-order valence-corrected chi connectivity index (χ0v) is 11.1. The molecule has 1 N–H and O–H groups in total. The smallest absolute Gasteiger partial charge is 0.147 e. The molecule has 0 atom stereocenters. The number of hydrogen-bond donors (Lipinski definition) is 1. The number of nitrogens with zero attached hydrogens (tertiary/aromatic N) is 2. The Bertz CT molecular complexity index is 537. The summed E-state index contributed by atoms with van der Waals surface area (Å²) in [5, 5.41) is 7.77. The van der Waals surface area contributed by atoms with Crippen LogP contribution in [-0.4, -0.2) is 9.78 Å². The van der Waals surface area contributed by atoms with Crippen LogP contribution in [0.15, 0.2) is 30.5 Å². The van der Waals surface area contributed by atoms with Gasteiger partial charge in [-0.15, -0.1) is 0 Å². The van der Waals surface area contributed by atoms with Gasteiger partial charge in [0.05, 0.1) is 17.9 Å². The Morgan fingerprint density at radius 1 is 1.39 bits per heavy atom. The summed E-state index contributed by atoms with van der Waals surface area (Å²) in [5.41, 5.74) is 1.30. The first kappa shape index (κ1) is 12.9. The zero-order valence-electron chi connectivity index (χ0n) is 10.3. The summed E-state index contributed by atoms with van der Waals surface area (Å²) in [4.78, 5) is 0. The predicted octanol–water partition coefficient (Wildman–Crippen LogP) is 3.87. The van der Waals surface area contributed by atoms with E-state index in [0.717, 1.165) is 5.69 Å². The molecule has 0 aliphatic carbocycles. The summed E-state index contributed by atoms with van der Waals surface area (Å²) < 4.78 is 15.4. The van der Waals surface area contributed by atoms with E-state index in [-0.39, 0.29) is 5.82 Å². The third-order valence-corrected chi connectivity index (χ3v) is 2.82. The van der Waals surface area contributed by atoms with Crippen molar-refractivity contribution in [2.45, 2.75) is 26.4 Å². The maximum absolute atomic E-state index is 13.5. The number of hydrogen-bond acceptors (Lipinski definition) is 2. The fourth-order valence-corrected chi connectivity index (χ4v) is 1.74. The highest BCUT2D eigenvalue weighted by atomic mass is 35.5. The maximum Gasteiger partial charge on any atom is 0.147 e. The van der Waals surface area contributed by atoms with Crippen molar-refractivity contribution in [3.05, 3.63) is 47.0 Å². The van der Waals surface area contributed by atoms with E-state index in [0.29, 0.717) is 23.3 Å². The molecule has 0 aliphatic heterocycles. The number of halogens is 2. The summed E-state index contributed by atoms with van der Waals surface area (Å²) in [6.07, 6.45) is 1.92. The van der Waals surface area contributed by atoms with Gasteiger partial charge in [0, 0.05) is 17.3 Å². The molecule has 0 fully saturated rings. The van der Waals surface area contributed by atoms with E-state index in [1.807, 2.05) is 16.9 Å². The molecule has 96 valence electrons. The van der Waals surface area contributed by atoms with E-state index in [1.165, 1.54) is 6.07 Å². The first-order valence-electron chi connectivity index (χ1n) is 5.79. The summed E-state index contributed by atoms with van der Waals surface area (Å²) in [7, 11) is 0. The van der Waals surface area contributed by atoms with Crippen LogP contribution in [0, 0.1) is 5.82 Å². The molecule has 0 bridgehead atoms. The van der Waals surface area contributed by atoms with Crippen LogP contribution in [0.1, 0.15) is 25.6 Å². The number of anilines is 1. The first-order chi connectivity index (χ1) is 8.56. The summed E-state index contributed by atoms with van der Waals surface area (Å²) in [5.74, 6) is -0.356. The fraction of sp³-hybridized carbons (Fsp3) is 0.308. The Labute approximate surface area is 111 Å². The molecule has 0 saturated carbocycles. The van der Waals surface area contributed by atoms with Crippen molar-refractivity contribution in [2.24, 2.45) is 0 Å². The largest absolute Gasteiger partial charge is 0.377 e. The van der Waals surface area contributed by atoms with E-state index in [4.69, 9.17) is 11.6 Å². The summed E-state index contributed by atoms with van der Waals surface area (Å²) in [6.45, 7) is 4.60. The van der Waals surface area contributed by atoms with Gasteiger partial charge in [-0.2, -0.15) is 5.10 Å². The molecule has 3 nitrogen and oxygen atoms in total. The molecule has 18 heavy (non-hydrogen) atoms. The van der Waals surface area contributed by atoms with Gasteiger partial charge in [0.25, 0.3) is 0 Å². The molecule has 0 radical (unpaired) electrons. The van der Waals surface area contributed by atoms with Crippen molar-refractivity contribution >= 4 is 17.3 Å². The number of benzene rings is 1. The van der Waals surface area contributed by atoms with Crippen LogP contribution in [0.25, 0.3) is 0 Å². The third-order valence-electron chi connectivity index (χ3n) is 2.58. The first-order valence-corrected chi connectivity index (χ1v) is 6.17. The van der Waals surface area contributed by atoms with Gasteiger partial charge < -0.3 is 5.32 Å². The topological polar surface area (TPSA) is 29.9 Å². The molecular weight excluding hydrogens is 253 g/mol. The van der Waals surface area contributed by atoms with E-state index in [2.05, 4.69) is 24.3 Å². The minimum absolute atomic E-state index is 0.325. The average molecular weight is 268 g/mol. The summed E-state index contributed by atoms with van der Waals surface area (Å²) in [6, 6.07) is 6.81. The monoisotopic (exact) mass is 267 g/mol. The summed E-state index contributed by atoms with van der Waals surface area (Å²) >= 11 is 5.69. The van der Waals surface area contributed by atoms with Crippen molar-refractivity contribution in [1.29, 1.82) is 0 Å². The second-order valence-corrected chi connectivity index (χ2v) is 4.79. The van der Waals surface area contributed by atoms with Crippen molar-refractivity contribution in [1.82, 2.24) is 9.78 Å². The van der Waals surface area contributed by atoms with Crippen LogP contribution < -0.4 is 5.32 Å². The van der Waals surface area contributed by atoms with Crippen LogP contribution in [-0.2, 0) is 6.54 Å². The van der Waals surface area contributed by atoms with E-state index in [1.54, 1.807) is 12.1 Å². The molecule has 0 saturated heterocycles. The van der Waals surface area contributed by atoms with Crippen LogP contribution in [0.5, 0.6) is 0 Å². The van der Waals surface area contributed by atoms with Crippen molar-refractivity contribution in [3.8, 4) is 0 Å². The molecule has 1 heterocycles. The zero-order chi connectivity index (χ0) is 13.1. The molecule has 0 unspecified atom stereocenters. The van der Waals surface area contributed by atoms with Gasteiger partial charge in [0.15, 0.2) is 0 Å². The van der Waals surface area contributed by atoms with E-state index < -0.39 is 0 Å². The van der Waals surface area contributed by atoms with Crippen molar-refractivity contribution < 1.29 is 4.39 Å². The number of aromatic nitrogens is 2. The predicted molar refractivity (Wildman–Crippen MR) is 71.3 cm³/mol. The van der Waals surface area contributed by atoms with Crippen LogP contribution in [0.3, 0.4) is 0 Å². The molecule has 0 aliphatic rings. The van der Waals surface area contributed by atoms with Gasteiger partial charge in [0.1, 0.15) is 5.82 Å². The lowest BCUT2D eigenvalue weighted by Gasteiger charge is -2.07. The van der Waals surface area contributed by atoms with Gasteiger partial charge in [-0.3, -0.25) is 4.68 Å². The average Bonchev–Trinajstić information content (AvgIpc) is 2.76. The van der Waals surface area contributed by atoms with Crippen LogP contribution in [0.4, 0.5) is 10.1 Å². The van der Waals surface area contributed by atoms with E-state index in [9.17, 15) is 4.39 Å². The lowest BCUT2D eigenvalue weighted by molar-refractivity contribution is 0.527. The lowest BCUT2D eigenvalue weighted by atomic mass is 10.3. The minimum atomic E-state index is -0.356. The van der Waals surface area contributed by atoms with Crippen LogP contribution in [0.2, 0.25) is 5.02 Å². The fourth-order valence-electron chi connectivity index (χ4n) is 1.58. The quantitative estimate of drug-likeness (QED) is 0.911. The molecule has 0 spiro atoms. The lowest BCUT2D eigenvalue weighted by Crippen LogP contribution is -2.05. The molecule has 2 aromatic rings. The standard InChI is InChI=1S/C13H15ClFN3/c1-9(2)18-6-5-11(17-18)8-16-13-4-3-10(14)7-12(13)15/h3-7,9,16H,8H2,1-2H3. The Morgan fingerprint density at radius 2 is 2.17 bits per heavy atom. The van der Waals surface area contributed by atoms with Crippen molar-refractivity contribution in [3.63, 3.8) is 0 Å². The number of rotatable bonds is 4. The second kappa shape index (κ2) is 5.40. The Hall–Kier alpha value is -1.55. The van der Waals surface area contributed by atoms with Gasteiger partial charge >= 0.3 is 0 Å². The van der Waals surface area contributed by atoms with Crippen molar-refractivity contribution in [2.75, 3.05) is 5.32 Å². The van der Waals surface area contributed by atoms with Crippen LogP contribution >= 0.6 is 11.6 Å². The Morgan fingerprint density at radius 3 is 2.78 bits per heavy atom. The molecule has 1 aromatic carbocycles. The minimum Gasteiger partial charge on any atom is -0.377 e. The molecule has 0 amide bonds. The SMILES string of the molecule is CC(C)n1ccc(CNc2ccc(Cl)cc2F)n1. The normalized spacial score (nSPS) is 10.9. The molecule has 2 rings (SSSR count). The highest BCUT2D eigenvalue weighted by molar-refractivity contribution is 6.30. The molecule has 5 heteroatoms. The third kappa shape index (κ3) is 3.01. The molecular formula is C13H15ClFN3. The highest BCUT2D eigenvalue weighted by Crippen LogP contribution is 2.19. The van der Waals surface area contributed by atoms with Gasteiger partial charge in [0.2, 0.25) is 0 Å². The van der Waals surface area contributed by atoms with Gasteiger partial charge in [-0.25, -0.2) is 4.39 Å². The Balaban J connectivity index is 2.02. The second-order valence-electron chi connectivity index (χ2n) is 4.36.